The van der Waals surface area contributed by atoms with Crippen LogP contribution in [-0.2, 0) is 0 Å². The number of benzene rings is 1. The van der Waals surface area contributed by atoms with Gasteiger partial charge < -0.3 is 4.74 Å². The van der Waals surface area contributed by atoms with Crippen LogP contribution in [-0.4, -0.2) is 12.4 Å². The normalized spacial score (nSPS) is 11.5. The van der Waals surface area contributed by atoms with Crippen molar-refractivity contribution in [3.8, 4) is 5.75 Å². The molecule has 1 nitrogen and oxygen atoms in total. The zero-order chi connectivity index (χ0) is 11.5. The first-order valence-electron chi connectivity index (χ1n) is 4.63. The maximum Gasteiger partial charge on any atom is 0.137 e. The first-order valence-corrected chi connectivity index (χ1v) is 6.06. The number of halogens is 2. The van der Waals surface area contributed by atoms with Crippen molar-refractivity contribution in [3.63, 3.8) is 0 Å². The lowest BCUT2D eigenvalue weighted by molar-refractivity contribution is 0.202. The Labute approximate surface area is 104 Å². The molecule has 4 heteroatoms. The van der Waals surface area contributed by atoms with Gasteiger partial charge in [-0.3, -0.25) is 0 Å². The molecule has 0 aliphatic rings. The molecule has 1 rings (SSSR count). The topological polar surface area (TPSA) is 9.23 Å². The summed E-state index contributed by atoms with van der Waals surface area (Å²) in [6.07, 6.45) is 0. The minimum atomic E-state index is -0.282. The minimum Gasteiger partial charge on any atom is -0.493 e. The summed E-state index contributed by atoms with van der Waals surface area (Å²) in [5, 5.41) is 0. The fourth-order valence-corrected chi connectivity index (χ4v) is 1.34. The predicted molar refractivity (Wildman–Crippen MR) is 67.2 cm³/mol. The van der Waals surface area contributed by atoms with Crippen LogP contribution in [0, 0.1) is 11.2 Å². The molecule has 0 fully saturated rings. The van der Waals surface area contributed by atoms with Gasteiger partial charge in [0.2, 0.25) is 0 Å². The van der Waals surface area contributed by atoms with Gasteiger partial charge in [-0.15, -0.1) is 0 Å². The monoisotopic (exact) mass is 292 g/mol. The third kappa shape index (κ3) is 4.03. The molecule has 0 bridgehead atoms. The second-order valence-electron chi connectivity index (χ2n) is 4.19. The molecule has 0 aliphatic heterocycles. The Morgan fingerprint density at radius 2 is 2.13 bits per heavy atom. The van der Waals surface area contributed by atoms with Gasteiger partial charge in [-0.2, -0.15) is 12.6 Å². The molecule has 0 N–H and O–H groups in total. The highest BCUT2D eigenvalue weighted by Gasteiger charge is 2.16. The van der Waals surface area contributed by atoms with Crippen molar-refractivity contribution < 1.29 is 9.13 Å². The Morgan fingerprint density at radius 3 is 2.67 bits per heavy atom. The van der Waals surface area contributed by atoms with E-state index in [-0.39, 0.29) is 11.2 Å². The second-order valence-corrected chi connectivity index (χ2v) is 5.36. The van der Waals surface area contributed by atoms with Crippen LogP contribution in [0.1, 0.15) is 13.8 Å². The molecule has 0 saturated carbocycles. The quantitative estimate of drug-likeness (QED) is 0.828. The summed E-state index contributed by atoms with van der Waals surface area (Å²) in [5.74, 6) is 1.13. The van der Waals surface area contributed by atoms with Crippen molar-refractivity contribution in [1.29, 1.82) is 0 Å². The van der Waals surface area contributed by atoms with E-state index in [1.807, 2.05) is 0 Å². The van der Waals surface area contributed by atoms with Crippen molar-refractivity contribution in [1.82, 2.24) is 0 Å². The fourth-order valence-electron chi connectivity index (χ4n) is 0.891. The Balaban J connectivity index is 2.62. The number of ether oxygens (including phenoxy) is 1. The summed E-state index contributed by atoms with van der Waals surface area (Å²) in [4.78, 5) is 0. The molecule has 0 atom stereocenters. The van der Waals surface area contributed by atoms with Crippen molar-refractivity contribution in [2.75, 3.05) is 12.4 Å². The van der Waals surface area contributed by atoms with Crippen molar-refractivity contribution in [2.45, 2.75) is 13.8 Å². The molecule has 0 unspecified atom stereocenters. The van der Waals surface area contributed by atoms with Gasteiger partial charge in [0.05, 0.1) is 11.1 Å². The highest BCUT2D eigenvalue weighted by Crippen LogP contribution is 2.24. The van der Waals surface area contributed by atoms with E-state index in [0.717, 1.165) is 5.75 Å². The van der Waals surface area contributed by atoms with E-state index in [1.165, 1.54) is 6.07 Å². The van der Waals surface area contributed by atoms with Gasteiger partial charge in [-0.1, -0.05) is 13.8 Å². The highest BCUT2D eigenvalue weighted by molar-refractivity contribution is 9.10. The first-order chi connectivity index (χ1) is 6.94. The predicted octanol–water partition coefficient (Wildman–Crippen LogP) is 3.92. The van der Waals surface area contributed by atoms with Gasteiger partial charge in [0.15, 0.2) is 0 Å². The Morgan fingerprint density at radius 1 is 1.47 bits per heavy atom. The van der Waals surface area contributed by atoms with Crippen LogP contribution in [0.15, 0.2) is 22.7 Å². The summed E-state index contributed by atoms with van der Waals surface area (Å²) < 4.78 is 18.9. The van der Waals surface area contributed by atoms with E-state index in [0.29, 0.717) is 16.8 Å². The van der Waals surface area contributed by atoms with Gasteiger partial charge >= 0.3 is 0 Å². The summed E-state index contributed by atoms with van der Waals surface area (Å²) >= 11 is 7.35. The average molecular weight is 293 g/mol. The summed E-state index contributed by atoms with van der Waals surface area (Å²) in [7, 11) is 0. The summed E-state index contributed by atoms with van der Waals surface area (Å²) in [6.45, 7) is 4.70. The zero-order valence-corrected chi connectivity index (χ0v) is 11.2. The van der Waals surface area contributed by atoms with Gasteiger partial charge in [0.1, 0.15) is 11.6 Å². The van der Waals surface area contributed by atoms with Crippen LogP contribution in [0.4, 0.5) is 4.39 Å². The van der Waals surface area contributed by atoms with Gasteiger partial charge in [0.25, 0.3) is 0 Å². The maximum absolute atomic E-state index is 12.9. The molecule has 0 aliphatic carbocycles. The highest BCUT2D eigenvalue weighted by atomic mass is 79.9. The lowest BCUT2D eigenvalue weighted by atomic mass is 9.98. The third-order valence-corrected chi connectivity index (χ3v) is 3.41. The number of thiol groups is 1. The number of hydrogen-bond acceptors (Lipinski definition) is 2. The smallest absolute Gasteiger partial charge is 0.137 e. The van der Waals surface area contributed by atoms with Crippen molar-refractivity contribution >= 4 is 28.6 Å². The van der Waals surface area contributed by atoms with Crippen LogP contribution < -0.4 is 4.74 Å². The molecule has 0 spiro atoms. The second kappa shape index (κ2) is 5.21. The minimum absolute atomic E-state index is 0.0178. The molecule has 0 saturated heterocycles. The molecule has 0 aromatic heterocycles. The molecule has 0 radical (unpaired) electrons. The average Bonchev–Trinajstić information content (AvgIpc) is 2.20. The van der Waals surface area contributed by atoms with E-state index in [1.54, 1.807) is 12.1 Å². The molecular formula is C11H14BrFOS. The largest absolute Gasteiger partial charge is 0.493 e. The Bertz CT molecular complexity index is 341. The number of rotatable bonds is 4. The molecular weight excluding hydrogens is 279 g/mol. The van der Waals surface area contributed by atoms with Crippen LogP contribution in [0.25, 0.3) is 0 Å². The summed E-state index contributed by atoms with van der Waals surface area (Å²) in [6, 6.07) is 4.63. The lowest BCUT2D eigenvalue weighted by Gasteiger charge is -2.22. The molecule has 0 amide bonds. The van der Waals surface area contributed by atoms with E-state index in [9.17, 15) is 4.39 Å². The van der Waals surface area contributed by atoms with E-state index in [2.05, 4.69) is 42.4 Å². The van der Waals surface area contributed by atoms with Crippen molar-refractivity contribution in [3.05, 3.63) is 28.5 Å². The fraction of sp³-hybridized carbons (Fsp3) is 0.455. The van der Waals surface area contributed by atoms with E-state index in [4.69, 9.17) is 4.74 Å². The van der Waals surface area contributed by atoms with Crippen LogP contribution >= 0.6 is 28.6 Å². The molecule has 0 heterocycles. The van der Waals surface area contributed by atoms with E-state index < -0.39 is 0 Å². The Hall–Kier alpha value is -0.220. The Kier molecular flexibility index (Phi) is 4.46. The van der Waals surface area contributed by atoms with Crippen molar-refractivity contribution in [2.24, 2.45) is 5.41 Å². The van der Waals surface area contributed by atoms with Gasteiger partial charge in [-0.05, 0) is 39.9 Å². The van der Waals surface area contributed by atoms with Gasteiger partial charge in [-0.25, -0.2) is 4.39 Å². The van der Waals surface area contributed by atoms with E-state index >= 15 is 0 Å². The SMILES string of the molecule is CC(C)(CS)COc1ccc(F)c(Br)c1. The maximum atomic E-state index is 12.9. The summed E-state index contributed by atoms with van der Waals surface area (Å²) in [5.41, 5.74) is 0.0178. The molecule has 1 aromatic rings. The zero-order valence-electron chi connectivity index (χ0n) is 8.76. The standard InChI is InChI=1S/C11H14BrFOS/c1-11(2,7-15)6-14-8-3-4-10(13)9(12)5-8/h3-5,15H,6-7H2,1-2H3. The molecule has 15 heavy (non-hydrogen) atoms. The number of hydrogen-bond donors (Lipinski definition) is 1. The lowest BCUT2D eigenvalue weighted by Crippen LogP contribution is -2.23. The third-order valence-electron chi connectivity index (χ3n) is 1.95. The van der Waals surface area contributed by atoms with Crippen LogP contribution in [0.3, 0.4) is 0 Å². The van der Waals surface area contributed by atoms with Crippen LogP contribution in [0.5, 0.6) is 5.75 Å². The first kappa shape index (κ1) is 12.8. The molecule has 1 aromatic carbocycles. The van der Waals surface area contributed by atoms with Crippen LogP contribution in [0.2, 0.25) is 0 Å². The molecule has 84 valence electrons. The van der Waals surface area contributed by atoms with Gasteiger partial charge in [0, 0.05) is 5.41 Å².